The quantitative estimate of drug-likeness (QED) is 0.853. The van der Waals surface area contributed by atoms with Crippen molar-refractivity contribution in [2.24, 2.45) is 0 Å². The summed E-state index contributed by atoms with van der Waals surface area (Å²) in [5.41, 5.74) is 0. The maximum absolute atomic E-state index is 9.25. The highest BCUT2D eigenvalue weighted by Gasteiger charge is 1.98. The monoisotopic (exact) mass is 218 g/mol. The van der Waals surface area contributed by atoms with Gasteiger partial charge in [-0.05, 0) is 19.1 Å². The average molecular weight is 218 g/mol. The molecule has 16 heavy (non-hydrogen) atoms. The molecule has 1 N–H and O–H groups in total. The number of hydrogen-bond acceptors (Lipinski definition) is 3. The second-order valence-electron chi connectivity index (χ2n) is 3.51. The molecule has 4 nitrogen and oxygen atoms in total. The molecule has 1 aromatic carbocycles. The van der Waals surface area contributed by atoms with E-state index in [0.717, 1.165) is 12.4 Å². The van der Waals surface area contributed by atoms with Crippen LogP contribution in [0.2, 0.25) is 0 Å². The van der Waals surface area contributed by atoms with Crippen LogP contribution in [0.1, 0.15) is 5.82 Å². The van der Waals surface area contributed by atoms with Gasteiger partial charge in [0.15, 0.2) is 0 Å². The van der Waals surface area contributed by atoms with E-state index in [1.54, 1.807) is 24.4 Å². The number of ether oxygens (including phenoxy) is 1. The van der Waals surface area contributed by atoms with Gasteiger partial charge in [-0.3, -0.25) is 0 Å². The number of phenolic OH excluding ortho intramolecular Hbond substituents is 1. The highest BCUT2D eigenvalue weighted by Crippen LogP contribution is 2.17. The van der Waals surface area contributed by atoms with Gasteiger partial charge in [0.1, 0.15) is 23.9 Å². The molecule has 0 unspecified atom stereocenters. The van der Waals surface area contributed by atoms with E-state index in [2.05, 4.69) is 4.98 Å². The fraction of sp³-hybridized carbons (Fsp3) is 0.250. The molecule has 0 saturated heterocycles. The summed E-state index contributed by atoms with van der Waals surface area (Å²) in [5, 5.41) is 9.25. The van der Waals surface area contributed by atoms with Crippen molar-refractivity contribution in [3.8, 4) is 11.5 Å². The Morgan fingerprint density at radius 3 is 3.00 bits per heavy atom. The van der Waals surface area contributed by atoms with Gasteiger partial charge >= 0.3 is 0 Å². The number of hydrogen-bond donors (Lipinski definition) is 1. The van der Waals surface area contributed by atoms with Gasteiger partial charge < -0.3 is 14.4 Å². The lowest BCUT2D eigenvalue weighted by molar-refractivity contribution is 0.295. The summed E-state index contributed by atoms with van der Waals surface area (Å²) >= 11 is 0. The van der Waals surface area contributed by atoms with Crippen LogP contribution in [0.15, 0.2) is 36.7 Å². The molecule has 0 aliphatic carbocycles. The number of benzene rings is 1. The van der Waals surface area contributed by atoms with Crippen LogP contribution < -0.4 is 4.74 Å². The summed E-state index contributed by atoms with van der Waals surface area (Å²) in [6, 6.07) is 6.79. The maximum atomic E-state index is 9.25. The van der Waals surface area contributed by atoms with Crippen molar-refractivity contribution < 1.29 is 9.84 Å². The third-order valence-electron chi connectivity index (χ3n) is 2.34. The number of nitrogens with zero attached hydrogens (tertiary/aromatic N) is 2. The van der Waals surface area contributed by atoms with E-state index in [1.807, 2.05) is 23.8 Å². The largest absolute Gasteiger partial charge is 0.508 e. The fourth-order valence-electron chi connectivity index (χ4n) is 1.48. The highest BCUT2D eigenvalue weighted by molar-refractivity contribution is 5.31. The molecule has 0 radical (unpaired) electrons. The number of imidazole rings is 1. The van der Waals surface area contributed by atoms with E-state index < -0.39 is 0 Å². The van der Waals surface area contributed by atoms with Crippen molar-refractivity contribution in [2.75, 3.05) is 6.61 Å². The van der Waals surface area contributed by atoms with Gasteiger partial charge in [0.2, 0.25) is 0 Å². The zero-order valence-corrected chi connectivity index (χ0v) is 9.13. The van der Waals surface area contributed by atoms with E-state index >= 15 is 0 Å². The van der Waals surface area contributed by atoms with Crippen LogP contribution in [-0.4, -0.2) is 21.3 Å². The van der Waals surface area contributed by atoms with Crippen LogP contribution in [0.5, 0.6) is 11.5 Å². The number of aryl methyl sites for hydroxylation is 1. The molecule has 0 aliphatic heterocycles. The Morgan fingerprint density at radius 1 is 1.44 bits per heavy atom. The number of aromatic hydroxyl groups is 1. The predicted molar refractivity (Wildman–Crippen MR) is 60.6 cm³/mol. The van der Waals surface area contributed by atoms with Gasteiger partial charge in [0.05, 0.1) is 6.54 Å². The van der Waals surface area contributed by atoms with Crippen LogP contribution in [0.4, 0.5) is 0 Å². The highest BCUT2D eigenvalue weighted by atomic mass is 16.5. The zero-order chi connectivity index (χ0) is 11.4. The van der Waals surface area contributed by atoms with Crippen LogP contribution in [-0.2, 0) is 6.54 Å². The molecular formula is C12H14N2O2. The molecule has 1 heterocycles. The Bertz CT molecular complexity index is 466. The Labute approximate surface area is 94.1 Å². The van der Waals surface area contributed by atoms with E-state index in [1.165, 1.54) is 0 Å². The molecular weight excluding hydrogens is 204 g/mol. The first-order valence-electron chi connectivity index (χ1n) is 5.15. The minimum absolute atomic E-state index is 0.219. The van der Waals surface area contributed by atoms with Gasteiger partial charge in [-0.1, -0.05) is 6.07 Å². The first kappa shape index (κ1) is 10.5. The Balaban J connectivity index is 1.87. The van der Waals surface area contributed by atoms with E-state index in [9.17, 15) is 5.11 Å². The third-order valence-corrected chi connectivity index (χ3v) is 2.34. The molecule has 2 rings (SSSR count). The maximum Gasteiger partial charge on any atom is 0.123 e. The van der Waals surface area contributed by atoms with Crippen molar-refractivity contribution in [3.63, 3.8) is 0 Å². The van der Waals surface area contributed by atoms with Crippen molar-refractivity contribution in [1.29, 1.82) is 0 Å². The second-order valence-corrected chi connectivity index (χ2v) is 3.51. The van der Waals surface area contributed by atoms with Gasteiger partial charge in [0, 0.05) is 18.5 Å². The Morgan fingerprint density at radius 2 is 2.31 bits per heavy atom. The van der Waals surface area contributed by atoms with Crippen LogP contribution in [0.25, 0.3) is 0 Å². The first-order chi connectivity index (χ1) is 7.75. The van der Waals surface area contributed by atoms with E-state index in [-0.39, 0.29) is 5.75 Å². The molecule has 1 aromatic heterocycles. The lowest BCUT2D eigenvalue weighted by Crippen LogP contribution is -2.08. The molecule has 4 heteroatoms. The standard InChI is InChI=1S/C12H14N2O2/c1-10-13-5-6-14(10)7-8-16-12-4-2-3-11(15)9-12/h2-6,9,15H,7-8H2,1H3. The number of aromatic nitrogens is 2. The molecule has 2 aromatic rings. The summed E-state index contributed by atoms with van der Waals surface area (Å²) in [6.07, 6.45) is 3.69. The molecule has 0 bridgehead atoms. The summed E-state index contributed by atoms with van der Waals surface area (Å²) < 4.78 is 7.52. The minimum Gasteiger partial charge on any atom is -0.508 e. The fourth-order valence-corrected chi connectivity index (χ4v) is 1.48. The normalized spacial score (nSPS) is 10.3. The SMILES string of the molecule is Cc1nccn1CCOc1cccc(O)c1. The van der Waals surface area contributed by atoms with E-state index in [0.29, 0.717) is 12.4 Å². The minimum atomic E-state index is 0.219. The van der Waals surface area contributed by atoms with Gasteiger partial charge in [-0.25, -0.2) is 4.98 Å². The van der Waals surface area contributed by atoms with Crippen LogP contribution in [0, 0.1) is 6.92 Å². The van der Waals surface area contributed by atoms with Crippen LogP contribution >= 0.6 is 0 Å². The Hall–Kier alpha value is -1.97. The average Bonchev–Trinajstić information content (AvgIpc) is 2.65. The molecule has 0 saturated carbocycles. The topological polar surface area (TPSA) is 47.3 Å². The van der Waals surface area contributed by atoms with Gasteiger partial charge in [-0.15, -0.1) is 0 Å². The van der Waals surface area contributed by atoms with Crippen LogP contribution in [0.3, 0.4) is 0 Å². The summed E-state index contributed by atoms with van der Waals surface area (Å²) in [7, 11) is 0. The van der Waals surface area contributed by atoms with Gasteiger partial charge in [0.25, 0.3) is 0 Å². The smallest absolute Gasteiger partial charge is 0.123 e. The summed E-state index contributed by atoms with van der Waals surface area (Å²) in [4.78, 5) is 4.12. The molecule has 0 aliphatic rings. The summed E-state index contributed by atoms with van der Waals surface area (Å²) in [5.74, 6) is 1.87. The van der Waals surface area contributed by atoms with Crippen molar-refractivity contribution >= 4 is 0 Å². The first-order valence-corrected chi connectivity index (χ1v) is 5.15. The zero-order valence-electron chi connectivity index (χ0n) is 9.13. The molecule has 0 atom stereocenters. The van der Waals surface area contributed by atoms with Crippen molar-refractivity contribution in [1.82, 2.24) is 9.55 Å². The molecule has 0 fully saturated rings. The molecule has 0 spiro atoms. The Kier molecular flexibility index (Phi) is 3.10. The second kappa shape index (κ2) is 4.70. The molecule has 84 valence electrons. The lowest BCUT2D eigenvalue weighted by atomic mass is 10.3. The summed E-state index contributed by atoms with van der Waals surface area (Å²) in [6.45, 7) is 3.26. The third kappa shape index (κ3) is 2.53. The van der Waals surface area contributed by atoms with Gasteiger partial charge in [-0.2, -0.15) is 0 Å². The van der Waals surface area contributed by atoms with E-state index in [4.69, 9.17) is 4.74 Å². The lowest BCUT2D eigenvalue weighted by Gasteiger charge is -2.08. The van der Waals surface area contributed by atoms with Crippen molar-refractivity contribution in [3.05, 3.63) is 42.5 Å². The predicted octanol–water partition coefficient (Wildman–Crippen LogP) is 1.98. The molecule has 0 amide bonds. The number of phenols is 1. The van der Waals surface area contributed by atoms with Crippen molar-refractivity contribution in [2.45, 2.75) is 13.5 Å². The number of rotatable bonds is 4.